The van der Waals surface area contributed by atoms with Crippen LogP contribution in [0.5, 0.6) is 17.4 Å². The van der Waals surface area contributed by atoms with Gasteiger partial charge in [0.15, 0.2) is 6.10 Å². The van der Waals surface area contributed by atoms with Gasteiger partial charge in [-0.05, 0) is 37.3 Å². The molecule has 0 aliphatic heterocycles. The van der Waals surface area contributed by atoms with Crippen LogP contribution in [0.15, 0.2) is 36.5 Å². The molecule has 0 fully saturated rings. The normalized spacial score (nSPS) is 12.4. The van der Waals surface area contributed by atoms with Crippen molar-refractivity contribution >= 4 is 17.6 Å². The third kappa shape index (κ3) is 4.76. The molecule has 0 N–H and O–H groups in total. The van der Waals surface area contributed by atoms with Crippen molar-refractivity contribution in [3.05, 3.63) is 47.1 Å². The Labute approximate surface area is 146 Å². The molecule has 1 aromatic carbocycles. The van der Waals surface area contributed by atoms with Crippen molar-refractivity contribution in [2.24, 2.45) is 0 Å². The van der Waals surface area contributed by atoms with Gasteiger partial charge in [-0.15, -0.1) is 0 Å². The zero-order chi connectivity index (χ0) is 18.6. The van der Waals surface area contributed by atoms with Crippen molar-refractivity contribution in [1.82, 2.24) is 4.98 Å². The average Bonchev–Trinajstić information content (AvgIpc) is 2.54. The molecule has 0 aliphatic rings. The summed E-state index contributed by atoms with van der Waals surface area (Å²) in [5.74, 6) is -0.798. The van der Waals surface area contributed by atoms with Crippen LogP contribution in [0.1, 0.15) is 12.5 Å². The van der Waals surface area contributed by atoms with Crippen LogP contribution in [0.25, 0.3) is 0 Å². The predicted molar refractivity (Wildman–Crippen MR) is 82.9 cm³/mol. The SMILES string of the molecule is COC(=O)C(C)Oc1ccc(Oc2nccc(Cl)c2C(F)(F)F)cc1. The van der Waals surface area contributed by atoms with E-state index in [1.807, 2.05) is 0 Å². The van der Waals surface area contributed by atoms with E-state index in [1.54, 1.807) is 0 Å². The number of alkyl halides is 3. The fourth-order valence-corrected chi connectivity index (χ4v) is 2.11. The summed E-state index contributed by atoms with van der Waals surface area (Å²) in [6.07, 6.45) is -4.43. The lowest BCUT2D eigenvalue weighted by molar-refractivity contribution is -0.148. The number of esters is 1. The molecule has 0 bridgehead atoms. The quantitative estimate of drug-likeness (QED) is 0.721. The number of carbonyl (C=O) groups excluding carboxylic acids is 1. The Morgan fingerprint density at radius 1 is 1.16 bits per heavy atom. The van der Waals surface area contributed by atoms with Gasteiger partial charge in [-0.1, -0.05) is 11.6 Å². The Hall–Kier alpha value is -2.48. The Morgan fingerprint density at radius 2 is 1.76 bits per heavy atom. The van der Waals surface area contributed by atoms with Gasteiger partial charge >= 0.3 is 12.1 Å². The first-order chi connectivity index (χ1) is 11.7. The van der Waals surface area contributed by atoms with Crippen molar-refractivity contribution in [2.75, 3.05) is 7.11 Å². The lowest BCUT2D eigenvalue weighted by Crippen LogP contribution is -2.24. The van der Waals surface area contributed by atoms with Gasteiger partial charge in [0.2, 0.25) is 5.88 Å². The molecule has 0 spiro atoms. The molecule has 1 aromatic heterocycles. The van der Waals surface area contributed by atoms with Gasteiger partial charge in [0.1, 0.15) is 17.1 Å². The monoisotopic (exact) mass is 375 g/mol. The summed E-state index contributed by atoms with van der Waals surface area (Å²) in [7, 11) is 1.23. The second-order valence-corrected chi connectivity index (χ2v) is 5.23. The molecular formula is C16H13ClF3NO4. The van der Waals surface area contributed by atoms with Gasteiger partial charge in [0.05, 0.1) is 12.1 Å². The van der Waals surface area contributed by atoms with Gasteiger partial charge in [0, 0.05) is 6.20 Å². The van der Waals surface area contributed by atoms with E-state index in [2.05, 4.69) is 9.72 Å². The van der Waals surface area contributed by atoms with E-state index in [0.717, 1.165) is 12.3 Å². The number of benzene rings is 1. The maximum atomic E-state index is 13.1. The highest BCUT2D eigenvalue weighted by Crippen LogP contribution is 2.41. The highest BCUT2D eigenvalue weighted by molar-refractivity contribution is 6.31. The minimum Gasteiger partial charge on any atom is -0.479 e. The summed E-state index contributed by atoms with van der Waals surface area (Å²) in [5.41, 5.74) is -1.16. The molecule has 1 heterocycles. The van der Waals surface area contributed by atoms with Gasteiger partial charge in [-0.3, -0.25) is 0 Å². The smallest absolute Gasteiger partial charge is 0.423 e. The van der Waals surface area contributed by atoms with Crippen LogP contribution in [-0.2, 0) is 15.7 Å². The van der Waals surface area contributed by atoms with E-state index in [4.69, 9.17) is 21.1 Å². The van der Waals surface area contributed by atoms with Crippen LogP contribution in [0.4, 0.5) is 13.2 Å². The van der Waals surface area contributed by atoms with Gasteiger partial charge in [0.25, 0.3) is 0 Å². The van der Waals surface area contributed by atoms with Crippen LogP contribution in [0, 0.1) is 0 Å². The standard InChI is InChI=1S/C16H13ClF3NO4/c1-9(15(22)23-2)24-10-3-5-11(6-4-10)25-14-13(16(18,19)20)12(17)7-8-21-14/h3-9H,1-2H3. The van der Waals surface area contributed by atoms with E-state index in [0.29, 0.717) is 5.75 Å². The second kappa shape index (κ2) is 7.60. The van der Waals surface area contributed by atoms with Crippen LogP contribution >= 0.6 is 11.6 Å². The molecule has 0 saturated carbocycles. The lowest BCUT2D eigenvalue weighted by atomic mass is 10.2. The van der Waals surface area contributed by atoms with Crippen LogP contribution in [0.3, 0.4) is 0 Å². The number of methoxy groups -OCH3 is 1. The summed E-state index contributed by atoms with van der Waals surface area (Å²) in [6, 6.07) is 6.66. The van der Waals surface area contributed by atoms with Gasteiger partial charge in [-0.25, -0.2) is 9.78 Å². The third-order valence-electron chi connectivity index (χ3n) is 3.03. The number of pyridine rings is 1. The van der Waals surface area contributed by atoms with Crippen LogP contribution in [-0.4, -0.2) is 24.2 Å². The van der Waals surface area contributed by atoms with Crippen molar-refractivity contribution in [3.63, 3.8) is 0 Å². The van der Waals surface area contributed by atoms with E-state index in [1.165, 1.54) is 38.3 Å². The van der Waals surface area contributed by atoms with Crippen molar-refractivity contribution in [3.8, 4) is 17.4 Å². The van der Waals surface area contributed by atoms with Crippen LogP contribution < -0.4 is 9.47 Å². The average molecular weight is 376 g/mol. The molecule has 0 saturated heterocycles. The maximum absolute atomic E-state index is 13.1. The minimum absolute atomic E-state index is 0.0957. The van der Waals surface area contributed by atoms with E-state index >= 15 is 0 Å². The van der Waals surface area contributed by atoms with Crippen molar-refractivity contribution in [2.45, 2.75) is 19.2 Å². The molecule has 2 aromatic rings. The number of halogens is 4. The molecule has 1 atom stereocenters. The fraction of sp³-hybridized carbons (Fsp3) is 0.250. The second-order valence-electron chi connectivity index (χ2n) is 4.83. The highest BCUT2D eigenvalue weighted by Gasteiger charge is 2.38. The van der Waals surface area contributed by atoms with Crippen molar-refractivity contribution < 1.29 is 32.2 Å². The molecule has 134 valence electrons. The molecule has 9 heteroatoms. The van der Waals surface area contributed by atoms with Crippen molar-refractivity contribution in [1.29, 1.82) is 0 Å². The number of aromatic nitrogens is 1. The summed E-state index contributed by atoms with van der Waals surface area (Å²) in [4.78, 5) is 14.9. The number of hydrogen-bond acceptors (Lipinski definition) is 5. The molecule has 0 amide bonds. The molecule has 2 rings (SSSR count). The Bertz CT molecular complexity index is 750. The number of carbonyl (C=O) groups is 1. The molecular weight excluding hydrogens is 363 g/mol. The van der Waals surface area contributed by atoms with Gasteiger partial charge in [-0.2, -0.15) is 13.2 Å². The first-order valence-corrected chi connectivity index (χ1v) is 7.34. The third-order valence-corrected chi connectivity index (χ3v) is 3.35. The lowest BCUT2D eigenvalue weighted by Gasteiger charge is -2.15. The summed E-state index contributed by atoms with van der Waals surface area (Å²) in [5, 5.41) is -0.510. The molecule has 1 unspecified atom stereocenters. The predicted octanol–water partition coefficient (Wildman–Crippen LogP) is 4.49. The molecule has 0 aliphatic carbocycles. The highest BCUT2D eigenvalue weighted by atomic mass is 35.5. The summed E-state index contributed by atoms with van der Waals surface area (Å²) < 4.78 is 54.2. The van der Waals surface area contributed by atoms with Crippen LogP contribution in [0.2, 0.25) is 5.02 Å². The molecule has 0 radical (unpaired) electrons. The first kappa shape index (κ1) is 18.9. The van der Waals surface area contributed by atoms with E-state index in [9.17, 15) is 18.0 Å². The number of rotatable bonds is 5. The summed E-state index contributed by atoms with van der Waals surface area (Å²) in [6.45, 7) is 1.50. The number of hydrogen-bond donors (Lipinski definition) is 0. The Balaban J connectivity index is 2.18. The largest absolute Gasteiger partial charge is 0.479 e. The molecule has 5 nitrogen and oxygen atoms in total. The zero-order valence-corrected chi connectivity index (χ0v) is 13.9. The van der Waals surface area contributed by atoms with E-state index < -0.39 is 34.7 Å². The number of ether oxygens (including phenoxy) is 3. The Morgan fingerprint density at radius 3 is 2.32 bits per heavy atom. The number of nitrogens with zero attached hydrogens (tertiary/aromatic N) is 1. The topological polar surface area (TPSA) is 57.7 Å². The fourth-order valence-electron chi connectivity index (χ4n) is 1.87. The van der Waals surface area contributed by atoms with E-state index in [-0.39, 0.29) is 5.75 Å². The molecule has 25 heavy (non-hydrogen) atoms. The summed E-state index contributed by atoms with van der Waals surface area (Å²) >= 11 is 5.60. The minimum atomic E-state index is -4.71. The zero-order valence-electron chi connectivity index (χ0n) is 13.1. The first-order valence-electron chi connectivity index (χ1n) is 6.96. The maximum Gasteiger partial charge on any atom is 0.423 e. The Kier molecular flexibility index (Phi) is 5.73. The van der Waals surface area contributed by atoms with Gasteiger partial charge < -0.3 is 14.2 Å².